The Balaban J connectivity index is 1.18. The lowest BCUT2D eigenvalue weighted by molar-refractivity contribution is 1.06. The zero-order chi connectivity index (χ0) is 46.0. The van der Waals surface area contributed by atoms with Crippen molar-refractivity contribution in [3.63, 3.8) is 0 Å². The van der Waals surface area contributed by atoms with Crippen LogP contribution in [0.3, 0.4) is 0 Å². The fourth-order valence-corrected chi connectivity index (χ4v) is 10.3. The first-order chi connectivity index (χ1) is 33.3. The summed E-state index contributed by atoms with van der Waals surface area (Å²) in [6.07, 6.45) is 2.03. The first-order valence-corrected chi connectivity index (χ1v) is 23.2. The van der Waals surface area contributed by atoms with Crippen LogP contribution in [0.15, 0.2) is 206 Å². The van der Waals surface area contributed by atoms with Crippen molar-refractivity contribution in [3.05, 3.63) is 234 Å². The Morgan fingerprint density at radius 1 is 0.353 bits per heavy atom. The lowest BCUT2D eigenvalue weighted by Crippen LogP contribution is -2.04. The molecule has 3 aromatic heterocycles. The molecule has 0 atom stereocenters. The van der Waals surface area contributed by atoms with Crippen LogP contribution in [-0.4, -0.2) is 14.1 Å². The van der Waals surface area contributed by atoms with Crippen LogP contribution in [-0.2, 0) is 0 Å². The number of hydrogen-bond donors (Lipinski definition) is 0. The minimum atomic E-state index is 0.596. The molecule has 0 spiro atoms. The van der Waals surface area contributed by atoms with E-state index in [2.05, 4.69) is 225 Å². The summed E-state index contributed by atoms with van der Waals surface area (Å²) in [6.45, 7) is 8.56. The highest BCUT2D eigenvalue weighted by molar-refractivity contribution is 6.13. The van der Waals surface area contributed by atoms with Crippen molar-refractivity contribution in [1.82, 2.24) is 14.1 Å². The van der Waals surface area contributed by atoms with Crippen molar-refractivity contribution in [2.45, 2.75) is 27.7 Å². The number of aromatic nitrogens is 3. The Bertz CT molecular complexity index is 3840. The molecule has 0 aliphatic rings. The third-order valence-electron chi connectivity index (χ3n) is 13.6. The van der Waals surface area contributed by atoms with Crippen LogP contribution in [0.4, 0.5) is 0 Å². The average molecular weight is 871 g/mol. The zero-order valence-electron chi connectivity index (χ0n) is 38.4. The van der Waals surface area contributed by atoms with Crippen LogP contribution in [0.25, 0.3) is 111 Å². The minimum absolute atomic E-state index is 0.596. The van der Waals surface area contributed by atoms with Gasteiger partial charge in [-0.25, -0.2) is 4.98 Å². The third-order valence-corrected chi connectivity index (χ3v) is 13.6. The Labute approximate surface area is 396 Å². The largest absolute Gasteiger partial charge is 0.307 e. The molecule has 4 heteroatoms. The Morgan fingerprint density at radius 3 is 1.10 bits per heavy atom. The van der Waals surface area contributed by atoms with E-state index in [9.17, 15) is 5.26 Å². The summed E-state index contributed by atoms with van der Waals surface area (Å²) in [5.74, 6) is 0.765. The lowest BCUT2D eigenvalue weighted by atomic mass is 9.99. The van der Waals surface area contributed by atoms with Crippen LogP contribution in [0.5, 0.6) is 0 Å². The topological polar surface area (TPSA) is 46.5 Å². The number of hydrogen-bond acceptors (Lipinski definition) is 2. The van der Waals surface area contributed by atoms with Crippen molar-refractivity contribution < 1.29 is 0 Å². The van der Waals surface area contributed by atoms with Crippen LogP contribution in [0, 0.1) is 39.0 Å². The quantitative estimate of drug-likeness (QED) is 0.160. The van der Waals surface area contributed by atoms with Crippen molar-refractivity contribution in [3.8, 4) is 73.2 Å². The van der Waals surface area contributed by atoms with Gasteiger partial charge in [0.15, 0.2) is 0 Å². The second-order valence-corrected chi connectivity index (χ2v) is 18.3. The smallest absolute Gasteiger partial charge is 0.138 e. The van der Waals surface area contributed by atoms with Gasteiger partial charge in [0.05, 0.1) is 45.6 Å². The van der Waals surface area contributed by atoms with E-state index in [1.807, 2.05) is 24.4 Å². The summed E-state index contributed by atoms with van der Waals surface area (Å²) >= 11 is 0. The van der Waals surface area contributed by atoms with Crippen LogP contribution < -0.4 is 0 Å². The second-order valence-electron chi connectivity index (χ2n) is 18.3. The molecule has 9 aromatic carbocycles. The molecule has 0 N–H and O–H groups in total. The van der Waals surface area contributed by atoms with E-state index in [4.69, 9.17) is 4.98 Å². The van der Waals surface area contributed by atoms with E-state index in [0.29, 0.717) is 5.56 Å². The summed E-state index contributed by atoms with van der Waals surface area (Å²) in [7, 11) is 0. The van der Waals surface area contributed by atoms with E-state index in [1.54, 1.807) is 0 Å². The van der Waals surface area contributed by atoms with E-state index in [-0.39, 0.29) is 0 Å². The molecule has 0 fully saturated rings. The maximum Gasteiger partial charge on any atom is 0.138 e. The molecule has 0 saturated heterocycles. The molecule has 3 heterocycles. The monoisotopic (exact) mass is 870 g/mol. The summed E-state index contributed by atoms with van der Waals surface area (Å²) in [5, 5.41) is 15.4. The predicted octanol–water partition coefficient (Wildman–Crippen LogP) is 16.7. The van der Waals surface area contributed by atoms with Gasteiger partial charge in [-0.05, 0) is 109 Å². The van der Waals surface area contributed by atoms with Gasteiger partial charge in [0.25, 0.3) is 0 Å². The molecular formula is C64H46N4. The van der Waals surface area contributed by atoms with Gasteiger partial charge in [0.2, 0.25) is 0 Å². The standard InChI is InChI=1S/C64H46N4/c1-40-11-7-16-44(29-40)48-21-25-54-55-26-22-49(45-17-8-12-41(2)30-45)34-60(55)67(59(54)33-48)63-39-66-64(37-58(63)53-20-6-5-15-52(53)38-65)68-61-35-50(46-18-9-13-42(3)31-46)23-27-56(61)57-28-24-51(36-62(57)68)47-19-10-14-43(4)32-47/h5-37,39H,1-4H3. The van der Waals surface area contributed by atoms with E-state index in [0.717, 1.165) is 111 Å². The Morgan fingerprint density at radius 2 is 0.721 bits per heavy atom. The summed E-state index contributed by atoms with van der Waals surface area (Å²) in [5.41, 5.74) is 21.5. The number of pyridine rings is 1. The molecule has 0 amide bonds. The molecule has 0 saturated carbocycles. The third kappa shape index (κ3) is 6.96. The molecule has 12 rings (SSSR count). The SMILES string of the molecule is Cc1cccc(-c2ccc3c4ccc(-c5cccc(C)c5)cc4n(-c4cc(-c5ccccc5C#N)c(-n5c6cc(-c7cccc(C)c7)ccc6c6ccc(-c7cccc(C)c7)cc65)cn4)c3c2)c1. The van der Waals surface area contributed by atoms with Gasteiger partial charge < -0.3 is 4.57 Å². The Hall–Kier alpha value is -8.78. The van der Waals surface area contributed by atoms with E-state index >= 15 is 0 Å². The molecule has 68 heavy (non-hydrogen) atoms. The number of nitriles is 1. The lowest BCUT2D eigenvalue weighted by Gasteiger charge is -2.18. The maximum atomic E-state index is 10.8. The highest BCUT2D eigenvalue weighted by Gasteiger charge is 2.23. The minimum Gasteiger partial charge on any atom is -0.307 e. The fourth-order valence-electron chi connectivity index (χ4n) is 10.3. The van der Waals surface area contributed by atoms with E-state index in [1.165, 1.54) is 22.3 Å². The average Bonchev–Trinajstić information content (AvgIpc) is 3.87. The van der Waals surface area contributed by atoms with Crippen molar-refractivity contribution >= 4 is 43.6 Å². The number of aryl methyl sites for hydroxylation is 4. The van der Waals surface area contributed by atoms with Crippen LogP contribution in [0.2, 0.25) is 0 Å². The molecule has 12 aromatic rings. The first-order valence-electron chi connectivity index (χ1n) is 23.2. The first kappa shape index (κ1) is 40.7. The number of benzene rings is 9. The van der Waals surface area contributed by atoms with Gasteiger partial charge in [-0.3, -0.25) is 4.57 Å². The summed E-state index contributed by atoms with van der Waals surface area (Å²) < 4.78 is 4.70. The van der Waals surface area contributed by atoms with Gasteiger partial charge >= 0.3 is 0 Å². The number of fused-ring (bicyclic) bond motifs is 6. The van der Waals surface area contributed by atoms with Gasteiger partial charge in [0, 0.05) is 32.7 Å². The van der Waals surface area contributed by atoms with Gasteiger partial charge in [-0.2, -0.15) is 5.26 Å². The molecule has 322 valence electrons. The second kappa shape index (κ2) is 16.3. The van der Waals surface area contributed by atoms with Gasteiger partial charge in [-0.1, -0.05) is 186 Å². The Kier molecular flexibility index (Phi) is 9.74. The summed E-state index contributed by atoms with van der Waals surface area (Å²) in [4.78, 5) is 5.51. The molecular weight excluding hydrogens is 825 g/mol. The predicted molar refractivity (Wildman–Crippen MR) is 284 cm³/mol. The van der Waals surface area contributed by atoms with Crippen LogP contribution >= 0.6 is 0 Å². The molecule has 0 bridgehead atoms. The van der Waals surface area contributed by atoms with Crippen molar-refractivity contribution in [2.75, 3.05) is 0 Å². The molecule has 0 aliphatic carbocycles. The van der Waals surface area contributed by atoms with Crippen molar-refractivity contribution in [1.29, 1.82) is 5.26 Å². The molecule has 4 nitrogen and oxygen atoms in total. The summed E-state index contributed by atoms with van der Waals surface area (Å²) in [6, 6.07) is 74.7. The molecule has 0 unspecified atom stereocenters. The highest BCUT2D eigenvalue weighted by atomic mass is 15.1. The van der Waals surface area contributed by atoms with Crippen molar-refractivity contribution in [2.24, 2.45) is 0 Å². The number of nitrogens with zero attached hydrogens (tertiary/aromatic N) is 4. The highest BCUT2D eigenvalue weighted by Crippen LogP contribution is 2.43. The number of rotatable bonds is 7. The normalized spacial score (nSPS) is 11.5. The van der Waals surface area contributed by atoms with Gasteiger partial charge in [-0.15, -0.1) is 0 Å². The maximum absolute atomic E-state index is 10.8. The molecule has 0 radical (unpaired) electrons. The van der Waals surface area contributed by atoms with Crippen LogP contribution in [0.1, 0.15) is 27.8 Å². The van der Waals surface area contributed by atoms with E-state index < -0.39 is 0 Å². The fraction of sp³-hybridized carbons (Fsp3) is 0.0625. The zero-order valence-corrected chi connectivity index (χ0v) is 38.4. The van der Waals surface area contributed by atoms with Gasteiger partial charge in [0.1, 0.15) is 5.82 Å². The molecule has 0 aliphatic heterocycles.